The van der Waals surface area contributed by atoms with Crippen LogP contribution in [-0.2, 0) is 10.0 Å². The minimum atomic E-state index is -3.95. The van der Waals surface area contributed by atoms with Gasteiger partial charge in [0, 0.05) is 43.8 Å². The van der Waals surface area contributed by atoms with E-state index in [2.05, 4.69) is 4.98 Å². The Balaban J connectivity index is 1.51. The maximum atomic E-state index is 12.9. The van der Waals surface area contributed by atoms with Crippen molar-refractivity contribution in [3.05, 3.63) is 80.6 Å². The number of pyridine rings is 1. The Bertz CT molecular complexity index is 1340. The van der Waals surface area contributed by atoms with Crippen molar-refractivity contribution >= 4 is 32.5 Å². The number of hydrogen-bond donors (Lipinski definition) is 1. The number of nitrogens with one attached hydrogen (secondary N) is 1. The van der Waals surface area contributed by atoms with Crippen molar-refractivity contribution in [1.82, 2.24) is 14.2 Å². The maximum Gasteiger partial charge on any atom is 0.270 e. The number of sulfonamides is 1. The van der Waals surface area contributed by atoms with Crippen LogP contribution in [0.15, 0.2) is 64.3 Å². The monoisotopic (exact) mass is 442 g/mol. The van der Waals surface area contributed by atoms with E-state index < -0.39 is 26.4 Å². The molecule has 2 aromatic carbocycles. The molecule has 1 N–H and O–H groups in total. The average Bonchev–Trinajstić information content (AvgIpc) is 2.78. The van der Waals surface area contributed by atoms with Crippen LogP contribution in [0, 0.1) is 10.1 Å². The number of carbonyl (C=O) groups is 1. The van der Waals surface area contributed by atoms with Gasteiger partial charge in [0.05, 0.1) is 9.82 Å². The number of non-ortho nitro benzene ring substituents is 1. The number of piperazine rings is 1. The topological polar surface area (TPSA) is 134 Å². The number of nitrogens with zero attached hydrogens (tertiary/aromatic N) is 3. The number of nitro groups is 1. The van der Waals surface area contributed by atoms with Crippen LogP contribution < -0.4 is 5.56 Å². The van der Waals surface area contributed by atoms with Crippen molar-refractivity contribution in [3.63, 3.8) is 0 Å². The summed E-state index contributed by atoms with van der Waals surface area (Å²) in [6, 6.07) is 13.5. The van der Waals surface area contributed by atoms with Crippen LogP contribution in [0.2, 0.25) is 0 Å². The van der Waals surface area contributed by atoms with Gasteiger partial charge < -0.3 is 9.88 Å². The third-order valence-electron chi connectivity index (χ3n) is 5.18. The molecule has 0 aliphatic carbocycles. The Labute approximate surface area is 176 Å². The maximum absolute atomic E-state index is 12.9. The van der Waals surface area contributed by atoms with E-state index in [9.17, 15) is 28.1 Å². The molecule has 4 rings (SSSR count). The summed E-state index contributed by atoms with van der Waals surface area (Å²) in [5.41, 5.74) is -0.202. The first-order chi connectivity index (χ1) is 14.8. The molecule has 0 bridgehead atoms. The number of aromatic nitrogens is 1. The zero-order chi connectivity index (χ0) is 22.2. The molecule has 0 saturated carbocycles. The summed E-state index contributed by atoms with van der Waals surface area (Å²) in [7, 11) is -3.95. The van der Waals surface area contributed by atoms with Gasteiger partial charge in [-0.25, -0.2) is 8.42 Å². The van der Waals surface area contributed by atoms with Gasteiger partial charge in [-0.05, 0) is 23.6 Å². The number of benzene rings is 2. The van der Waals surface area contributed by atoms with E-state index in [1.807, 2.05) is 0 Å². The van der Waals surface area contributed by atoms with E-state index in [1.165, 1.54) is 33.5 Å². The minimum absolute atomic E-state index is 0.00584. The van der Waals surface area contributed by atoms with Crippen LogP contribution in [-0.4, -0.2) is 59.6 Å². The number of hydrogen-bond acceptors (Lipinski definition) is 6. The SMILES string of the molecule is O=C(c1cc2ccccc2[nH]c1=O)N1CCN(S(=O)(=O)c2cccc([N+](=O)[O-])c2)CC1. The first-order valence-electron chi connectivity index (χ1n) is 9.43. The van der Waals surface area contributed by atoms with Gasteiger partial charge >= 0.3 is 0 Å². The highest BCUT2D eigenvalue weighted by molar-refractivity contribution is 7.89. The van der Waals surface area contributed by atoms with Crippen LogP contribution in [0.5, 0.6) is 0 Å². The van der Waals surface area contributed by atoms with Gasteiger partial charge in [-0.15, -0.1) is 0 Å². The van der Waals surface area contributed by atoms with E-state index in [1.54, 1.807) is 24.3 Å². The molecular weight excluding hydrogens is 424 g/mol. The van der Waals surface area contributed by atoms with Crippen molar-refractivity contribution in [2.24, 2.45) is 0 Å². The van der Waals surface area contributed by atoms with Crippen molar-refractivity contribution in [2.45, 2.75) is 4.90 Å². The fourth-order valence-corrected chi connectivity index (χ4v) is 4.98. The molecule has 1 aromatic heterocycles. The first-order valence-corrected chi connectivity index (χ1v) is 10.9. The lowest BCUT2D eigenvalue weighted by Crippen LogP contribution is -2.51. The smallest absolute Gasteiger partial charge is 0.270 e. The van der Waals surface area contributed by atoms with Gasteiger partial charge in [0.2, 0.25) is 10.0 Å². The molecule has 10 nitrogen and oxygen atoms in total. The van der Waals surface area contributed by atoms with Gasteiger partial charge in [0.15, 0.2) is 0 Å². The molecule has 0 spiro atoms. The molecule has 1 amide bonds. The van der Waals surface area contributed by atoms with Gasteiger partial charge in [-0.2, -0.15) is 4.31 Å². The molecule has 2 heterocycles. The van der Waals surface area contributed by atoms with Crippen LogP contribution >= 0.6 is 0 Å². The Morgan fingerprint density at radius 1 is 1.00 bits per heavy atom. The van der Waals surface area contributed by atoms with Crippen molar-refractivity contribution in [3.8, 4) is 0 Å². The van der Waals surface area contributed by atoms with Gasteiger partial charge in [0.25, 0.3) is 17.2 Å². The zero-order valence-corrected chi connectivity index (χ0v) is 17.0. The number of aromatic amines is 1. The summed E-state index contributed by atoms with van der Waals surface area (Å²) in [6.45, 7) is 0.225. The molecule has 0 unspecified atom stereocenters. The molecule has 1 aliphatic rings. The second kappa shape index (κ2) is 7.93. The molecule has 0 radical (unpaired) electrons. The van der Waals surface area contributed by atoms with E-state index in [0.29, 0.717) is 5.52 Å². The Hall–Kier alpha value is -3.57. The fraction of sp³-hybridized carbons (Fsp3) is 0.200. The molecular formula is C20H18N4O6S. The van der Waals surface area contributed by atoms with Crippen molar-refractivity contribution in [2.75, 3.05) is 26.2 Å². The lowest BCUT2D eigenvalue weighted by Gasteiger charge is -2.33. The lowest BCUT2D eigenvalue weighted by molar-refractivity contribution is -0.385. The van der Waals surface area contributed by atoms with E-state index in [4.69, 9.17) is 0 Å². The highest BCUT2D eigenvalue weighted by atomic mass is 32.2. The third-order valence-corrected chi connectivity index (χ3v) is 7.07. The number of H-pyrrole nitrogens is 1. The second-order valence-electron chi connectivity index (χ2n) is 7.05. The average molecular weight is 442 g/mol. The number of para-hydroxylation sites is 1. The fourth-order valence-electron chi connectivity index (χ4n) is 3.51. The van der Waals surface area contributed by atoms with Crippen LogP contribution in [0.25, 0.3) is 10.9 Å². The number of amides is 1. The third kappa shape index (κ3) is 3.92. The van der Waals surface area contributed by atoms with E-state index in [-0.39, 0.29) is 42.3 Å². The molecule has 31 heavy (non-hydrogen) atoms. The van der Waals surface area contributed by atoms with E-state index >= 15 is 0 Å². The molecule has 160 valence electrons. The summed E-state index contributed by atoms with van der Waals surface area (Å²) in [4.78, 5) is 39.4. The van der Waals surface area contributed by atoms with Gasteiger partial charge in [0.1, 0.15) is 5.56 Å². The molecule has 1 aliphatic heterocycles. The number of nitro benzene ring substituents is 1. The Kier molecular flexibility index (Phi) is 5.29. The van der Waals surface area contributed by atoms with Gasteiger partial charge in [-0.3, -0.25) is 19.7 Å². The summed E-state index contributed by atoms with van der Waals surface area (Å²) in [6.07, 6.45) is 0. The molecule has 1 fully saturated rings. The van der Waals surface area contributed by atoms with Gasteiger partial charge in [-0.1, -0.05) is 24.3 Å². The predicted octanol–water partition coefficient (Wildman–Crippen LogP) is 1.58. The quantitative estimate of drug-likeness (QED) is 0.482. The predicted molar refractivity (Wildman–Crippen MR) is 112 cm³/mol. The normalized spacial score (nSPS) is 15.2. The number of carbonyl (C=O) groups excluding carboxylic acids is 1. The van der Waals surface area contributed by atoms with Crippen LogP contribution in [0.3, 0.4) is 0 Å². The lowest BCUT2D eigenvalue weighted by atomic mass is 10.1. The zero-order valence-electron chi connectivity index (χ0n) is 16.2. The van der Waals surface area contributed by atoms with Crippen LogP contribution in [0.4, 0.5) is 5.69 Å². The minimum Gasteiger partial charge on any atom is -0.336 e. The van der Waals surface area contributed by atoms with E-state index in [0.717, 1.165) is 11.5 Å². The number of rotatable bonds is 4. The highest BCUT2D eigenvalue weighted by Gasteiger charge is 2.32. The Morgan fingerprint density at radius 2 is 1.71 bits per heavy atom. The summed E-state index contributed by atoms with van der Waals surface area (Å²) >= 11 is 0. The van der Waals surface area contributed by atoms with Crippen molar-refractivity contribution < 1.29 is 18.1 Å². The molecule has 11 heteroatoms. The largest absolute Gasteiger partial charge is 0.336 e. The molecule has 1 saturated heterocycles. The van der Waals surface area contributed by atoms with Crippen molar-refractivity contribution in [1.29, 1.82) is 0 Å². The molecule has 0 atom stereocenters. The van der Waals surface area contributed by atoms with Crippen LogP contribution in [0.1, 0.15) is 10.4 Å². The Morgan fingerprint density at radius 3 is 2.42 bits per heavy atom. The molecule has 3 aromatic rings. The summed E-state index contributed by atoms with van der Waals surface area (Å²) in [5, 5.41) is 11.7. The number of fused-ring (bicyclic) bond motifs is 1. The summed E-state index contributed by atoms with van der Waals surface area (Å²) < 4.78 is 26.9. The second-order valence-corrected chi connectivity index (χ2v) is 8.99. The standard InChI is InChI=1S/C20H18N4O6S/c25-19-17(12-14-4-1-2-7-18(14)21-19)20(26)22-8-10-23(11-9-22)31(29,30)16-6-3-5-15(13-16)24(27)28/h1-7,12-13H,8-11H2,(H,21,25). The summed E-state index contributed by atoms with van der Waals surface area (Å²) in [5.74, 6) is -0.473. The first kappa shape index (κ1) is 20.7. The highest BCUT2D eigenvalue weighted by Crippen LogP contribution is 2.22.